The highest BCUT2D eigenvalue weighted by atomic mass is 19.1. The Kier molecular flexibility index (Phi) is 5.31. The molecule has 4 rings (SSSR count). The van der Waals surface area contributed by atoms with Gasteiger partial charge in [-0.25, -0.2) is 4.39 Å². The minimum Gasteiger partial charge on any atom is -0.311 e. The topological polar surface area (TPSA) is 23.6 Å². The average Bonchev–Trinajstić information content (AvgIpc) is 3.02. The molecule has 2 heterocycles. The van der Waals surface area contributed by atoms with E-state index in [1.54, 1.807) is 12.1 Å². The summed E-state index contributed by atoms with van der Waals surface area (Å²) in [5.41, 5.74) is 2.95. The number of carbonyl (C=O) groups is 1. The number of halogens is 1. The van der Waals surface area contributed by atoms with E-state index in [2.05, 4.69) is 23.6 Å². The Labute approximate surface area is 166 Å². The molecule has 0 unspecified atom stereocenters. The van der Waals surface area contributed by atoms with Crippen molar-refractivity contribution in [2.75, 3.05) is 31.1 Å². The lowest BCUT2D eigenvalue weighted by Gasteiger charge is -2.39. The summed E-state index contributed by atoms with van der Waals surface area (Å²) in [4.78, 5) is 17.3. The SMILES string of the molecule is C=CCN1CCC2(CC1)CN(C(=O)CCc1ccccc1)c1ccc(F)cc12. The Hall–Kier alpha value is -2.46. The van der Waals surface area contributed by atoms with Gasteiger partial charge in [0.15, 0.2) is 0 Å². The second-order valence-corrected chi connectivity index (χ2v) is 8.00. The quantitative estimate of drug-likeness (QED) is 0.723. The Balaban J connectivity index is 1.54. The van der Waals surface area contributed by atoms with Crippen LogP contribution in [0.25, 0.3) is 0 Å². The molecule has 0 atom stereocenters. The van der Waals surface area contributed by atoms with Gasteiger partial charge in [-0.05, 0) is 61.7 Å². The smallest absolute Gasteiger partial charge is 0.227 e. The van der Waals surface area contributed by atoms with E-state index in [1.807, 2.05) is 29.2 Å². The number of rotatable bonds is 5. The highest BCUT2D eigenvalue weighted by Crippen LogP contribution is 2.47. The van der Waals surface area contributed by atoms with Crippen LogP contribution in [0.1, 0.15) is 30.4 Å². The maximum absolute atomic E-state index is 14.1. The molecule has 1 saturated heterocycles. The van der Waals surface area contributed by atoms with Crippen LogP contribution >= 0.6 is 0 Å². The van der Waals surface area contributed by atoms with Crippen LogP contribution in [-0.2, 0) is 16.6 Å². The summed E-state index contributed by atoms with van der Waals surface area (Å²) < 4.78 is 14.1. The molecule has 4 heteroatoms. The second-order valence-electron chi connectivity index (χ2n) is 8.00. The number of aryl methyl sites for hydroxylation is 1. The number of fused-ring (bicyclic) bond motifs is 2. The van der Waals surface area contributed by atoms with E-state index in [9.17, 15) is 9.18 Å². The largest absolute Gasteiger partial charge is 0.311 e. The first kappa shape index (κ1) is 18.9. The average molecular weight is 378 g/mol. The van der Waals surface area contributed by atoms with Gasteiger partial charge in [0, 0.05) is 30.6 Å². The summed E-state index contributed by atoms with van der Waals surface area (Å²) in [6, 6.07) is 15.0. The second kappa shape index (κ2) is 7.88. The molecule has 2 aromatic carbocycles. The van der Waals surface area contributed by atoms with Crippen LogP contribution in [0.3, 0.4) is 0 Å². The number of nitrogens with zero attached hydrogens (tertiary/aromatic N) is 2. The predicted molar refractivity (Wildman–Crippen MR) is 111 cm³/mol. The molecule has 0 radical (unpaired) electrons. The zero-order chi connectivity index (χ0) is 19.6. The summed E-state index contributed by atoms with van der Waals surface area (Å²) in [6.07, 6.45) is 5.02. The Morgan fingerprint density at radius 2 is 1.89 bits per heavy atom. The molecule has 3 nitrogen and oxygen atoms in total. The number of hydrogen-bond donors (Lipinski definition) is 0. The molecule has 0 N–H and O–H groups in total. The molecular formula is C24H27FN2O. The molecule has 2 aliphatic rings. The normalized spacial score (nSPS) is 18.2. The molecule has 1 amide bonds. The van der Waals surface area contributed by atoms with E-state index in [-0.39, 0.29) is 17.1 Å². The van der Waals surface area contributed by atoms with Gasteiger partial charge in [-0.1, -0.05) is 36.4 Å². The van der Waals surface area contributed by atoms with Crippen LogP contribution in [0, 0.1) is 5.82 Å². The molecule has 0 bridgehead atoms. The van der Waals surface area contributed by atoms with Gasteiger partial charge in [0.2, 0.25) is 5.91 Å². The number of amides is 1. The van der Waals surface area contributed by atoms with Crippen LogP contribution in [0.4, 0.5) is 10.1 Å². The van der Waals surface area contributed by atoms with Gasteiger partial charge in [-0.3, -0.25) is 9.69 Å². The number of anilines is 1. The highest BCUT2D eigenvalue weighted by molar-refractivity contribution is 5.96. The number of likely N-dealkylation sites (tertiary alicyclic amines) is 1. The minimum absolute atomic E-state index is 0.127. The van der Waals surface area contributed by atoms with Crippen LogP contribution in [-0.4, -0.2) is 37.0 Å². The van der Waals surface area contributed by atoms with Gasteiger partial charge in [0.25, 0.3) is 0 Å². The van der Waals surface area contributed by atoms with E-state index in [0.29, 0.717) is 13.0 Å². The molecule has 28 heavy (non-hydrogen) atoms. The highest BCUT2D eigenvalue weighted by Gasteiger charge is 2.46. The first-order valence-corrected chi connectivity index (χ1v) is 10.1. The van der Waals surface area contributed by atoms with Crippen LogP contribution in [0.5, 0.6) is 0 Å². The summed E-state index contributed by atoms with van der Waals surface area (Å²) >= 11 is 0. The van der Waals surface area contributed by atoms with Gasteiger partial charge in [0.05, 0.1) is 0 Å². The zero-order valence-corrected chi connectivity index (χ0v) is 16.2. The maximum atomic E-state index is 14.1. The fourth-order valence-corrected chi connectivity index (χ4v) is 4.67. The van der Waals surface area contributed by atoms with Crippen molar-refractivity contribution in [2.24, 2.45) is 0 Å². The van der Waals surface area contributed by atoms with Crippen molar-refractivity contribution in [3.8, 4) is 0 Å². The Bertz CT molecular complexity index is 856. The lowest BCUT2D eigenvalue weighted by atomic mass is 9.74. The van der Waals surface area contributed by atoms with Crippen LogP contribution < -0.4 is 4.90 Å². The fourth-order valence-electron chi connectivity index (χ4n) is 4.67. The lowest BCUT2D eigenvalue weighted by Crippen LogP contribution is -2.46. The summed E-state index contributed by atoms with van der Waals surface area (Å²) in [7, 11) is 0. The minimum atomic E-state index is -0.217. The van der Waals surface area contributed by atoms with Crippen molar-refractivity contribution in [3.05, 3.63) is 78.1 Å². The van der Waals surface area contributed by atoms with Crippen molar-refractivity contribution in [1.82, 2.24) is 4.90 Å². The van der Waals surface area contributed by atoms with Gasteiger partial charge in [-0.15, -0.1) is 6.58 Å². The van der Waals surface area contributed by atoms with Crippen LogP contribution in [0.2, 0.25) is 0 Å². The number of piperidine rings is 1. The van der Waals surface area contributed by atoms with Crippen LogP contribution in [0.15, 0.2) is 61.2 Å². The van der Waals surface area contributed by atoms with E-state index in [4.69, 9.17) is 0 Å². The van der Waals surface area contributed by atoms with E-state index >= 15 is 0 Å². The first-order chi connectivity index (χ1) is 13.6. The molecule has 146 valence electrons. The maximum Gasteiger partial charge on any atom is 0.227 e. The zero-order valence-electron chi connectivity index (χ0n) is 16.2. The third-order valence-electron chi connectivity index (χ3n) is 6.25. The monoisotopic (exact) mass is 378 g/mol. The van der Waals surface area contributed by atoms with Gasteiger partial charge >= 0.3 is 0 Å². The molecular weight excluding hydrogens is 351 g/mol. The number of benzene rings is 2. The Morgan fingerprint density at radius 1 is 1.14 bits per heavy atom. The number of hydrogen-bond acceptors (Lipinski definition) is 2. The van der Waals surface area contributed by atoms with E-state index < -0.39 is 0 Å². The van der Waals surface area contributed by atoms with Gasteiger partial charge < -0.3 is 4.90 Å². The summed E-state index contributed by atoms with van der Waals surface area (Å²) in [5, 5.41) is 0. The predicted octanol–water partition coefficient (Wildman–Crippen LogP) is 4.32. The molecule has 1 fully saturated rings. The third-order valence-corrected chi connectivity index (χ3v) is 6.25. The molecule has 0 saturated carbocycles. The standard InChI is InChI=1S/C24H27FN2O/c1-2-14-26-15-12-24(13-16-26)18-27(22-10-9-20(25)17-21(22)24)23(28)11-8-19-6-4-3-5-7-19/h2-7,9-10,17H,1,8,11-16,18H2. The summed E-state index contributed by atoms with van der Waals surface area (Å²) in [5.74, 6) is -0.0904. The van der Waals surface area contributed by atoms with Crippen molar-refractivity contribution >= 4 is 11.6 Å². The van der Waals surface area contributed by atoms with Crippen molar-refractivity contribution in [3.63, 3.8) is 0 Å². The first-order valence-electron chi connectivity index (χ1n) is 10.1. The summed E-state index contributed by atoms with van der Waals surface area (Å²) in [6.45, 7) is 7.28. The number of carbonyl (C=O) groups excluding carboxylic acids is 1. The third kappa shape index (κ3) is 3.61. The van der Waals surface area contributed by atoms with Gasteiger partial charge in [-0.2, -0.15) is 0 Å². The molecule has 1 spiro atoms. The molecule has 0 aromatic heterocycles. The fraction of sp³-hybridized carbons (Fsp3) is 0.375. The molecule has 0 aliphatic carbocycles. The molecule has 2 aromatic rings. The van der Waals surface area contributed by atoms with E-state index in [1.165, 1.54) is 11.6 Å². The van der Waals surface area contributed by atoms with Crippen molar-refractivity contribution in [1.29, 1.82) is 0 Å². The molecule has 2 aliphatic heterocycles. The Morgan fingerprint density at radius 3 is 2.61 bits per heavy atom. The van der Waals surface area contributed by atoms with Crippen molar-refractivity contribution < 1.29 is 9.18 Å². The van der Waals surface area contributed by atoms with E-state index in [0.717, 1.165) is 50.1 Å². The lowest BCUT2D eigenvalue weighted by molar-refractivity contribution is -0.118. The van der Waals surface area contributed by atoms with Gasteiger partial charge in [0.1, 0.15) is 5.82 Å². The van der Waals surface area contributed by atoms with Crippen molar-refractivity contribution in [2.45, 2.75) is 31.1 Å².